The highest BCUT2D eigenvalue weighted by atomic mass is 16.4. The zero-order chi connectivity index (χ0) is 11.0. The van der Waals surface area contributed by atoms with E-state index in [0.29, 0.717) is 12.5 Å². The van der Waals surface area contributed by atoms with Gasteiger partial charge in [-0.05, 0) is 31.7 Å². The molecule has 0 bridgehead atoms. The molecule has 1 saturated carbocycles. The van der Waals surface area contributed by atoms with Crippen LogP contribution in [0.1, 0.15) is 41.7 Å². The molecule has 0 atom stereocenters. The molecule has 1 N–H and O–H groups in total. The largest absolute Gasteiger partial charge is 0.478 e. The van der Waals surface area contributed by atoms with E-state index in [-0.39, 0.29) is 11.1 Å². The van der Waals surface area contributed by atoms with Crippen LogP contribution in [0.25, 0.3) is 0 Å². The number of aromatic carboxylic acids is 1. The fraction of sp³-hybridized carbons (Fsp3) is 0.455. The second-order valence-electron chi connectivity index (χ2n) is 3.83. The van der Waals surface area contributed by atoms with Crippen molar-refractivity contribution in [2.45, 2.75) is 32.2 Å². The van der Waals surface area contributed by atoms with Crippen LogP contribution in [-0.4, -0.2) is 15.6 Å². The molecule has 1 heterocycles. The molecule has 1 aliphatic rings. The number of aromatic nitrogens is 1. The number of carbonyl (C=O) groups is 1. The second-order valence-corrected chi connectivity index (χ2v) is 3.83. The van der Waals surface area contributed by atoms with Gasteiger partial charge in [0, 0.05) is 18.3 Å². The molecule has 1 aromatic rings. The molecule has 4 nitrogen and oxygen atoms in total. The fourth-order valence-electron chi connectivity index (χ4n) is 1.80. The summed E-state index contributed by atoms with van der Waals surface area (Å²) in [4.78, 5) is 22.4. The predicted octanol–water partition coefficient (Wildman–Crippen LogP) is 1.44. The molecule has 0 radical (unpaired) electrons. The SMILES string of the molecule is CCn1c(C2CC2)cc(C(=O)O)cc1=O. The van der Waals surface area contributed by atoms with Crippen molar-refractivity contribution < 1.29 is 9.90 Å². The Morgan fingerprint density at radius 1 is 1.53 bits per heavy atom. The molecule has 1 fully saturated rings. The van der Waals surface area contributed by atoms with Gasteiger partial charge in [-0.3, -0.25) is 4.79 Å². The summed E-state index contributed by atoms with van der Waals surface area (Å²) in [5, 5.41) is 8.85. The summed E-state index contributed by atoms with van der Waals surface area (Å²) in [7, 11) is 0. The predicted molar refractivity (Wildman–Crippen MR) is 55.3 cm³/mol. The molecule has 0 amide bonds. The van der Waals surface area contributed by atoms with Crippen LogP contribution in [0.5, 0.6) is 0 Å². The highest BCUT2D eigenvalue weighted by Crippen LogP contribution is 2.39. The molecule has 1 aromatic heterocycles. The first kappa shape index (κ1) is 9.96. The van der Waals surface area contributed by atoms with E-state index in [0.717, 1.165) is 18.5 Å². The number of carboxylic acids is 1. The molecule has 1 aliphatic carbocycles. The van der Waals surface area contributed by atoms with Gasteiger partial charge in [0.15, 0.2) is 0 Å². The van der Waals surface area contributed by atoms with Crippen molar-refractivity contribution in [3.05, 3.63) is 33.7 Å². The van der Waals surface area contributed by atoms with Crippen LogP contribution in [0.15, 0.2) is 16.9 Å². The van der Waals surface area contributed by atoms with Crippen LogP contribution in [0.2, 0.25) is 0 Å². The van der Waals surface area contributed by atoms with Gasteiger partial charge in [-0.2, -0.15) is 0 Å². The number of hydrogen-bond acceptors (Lipinski definition) is 2. The standard InChI is InChI=1S/C11H13NO3/c1-2-12-9(7-3-4-7)5-8(11(14)15)6-10(12)13/h5-7H,2-4H2,1H3,(H,14,15). The summed E-state index contributed by atoms with van der Waals surface area (Å²) in [6.07, 6.45) is 2.12. The number of rotatable bonds is 3. The van der Waals surface area contributed by atoms with Gasteiger partial charge in [-0.15, -0.1) is 0 Å². The van der Waals surface area contributed by atoms with E-state index in [9.17, 15) is 9.59 Å². The lowest BCUT2D eigenvalue weighted by atomic mass is 10.1. The van der Waals surface area contributed by atoms with E-state index >= 15 is 0 Å². The van der Waals surface area contributed by atoms with Crippen LogP contribution in [-0.2, 0) is 6.54 Å². The summed E-state index contributed by atoms with van der Waals surface area (Å²) in [6.45, 7) is 2.50. The first-order valence-electron chi connectivity index (χ1n) is 5.11. The molecule has 0 spiro atoms. The van der Waals surface area contributed by atoms with E-state index in [1.165, 1.54) is 6.07 Å². The van der Waals surface area contributed by atoms with Gasteiger partial charge >= 0.3 is 5.97 Å². The van der Waals surface area contributed by atoms with Crippen molar-refractivity contribution in [2.75, 3.05) is 0 Å². The zero-order valence-electron chi connectivity index (χ0n) is 8.56. The smallest absolute Gasteiger partial charge is 0.335 e. The third-order valence-electron chi connectivity index (χ3n) is 2.72. The first-order chi connectivity index (χ1) is 7.13. The van der Waals surface area contributed by atoms with Crippen LogP contribution in [0.4, 0.5) is 0 Å². The topological polar surface area (TPSA) is 59.3 Å². The van der Waals surface area contributed by atoms with Crippen molar-refractivity contribution in [1.29, 1.82) is 0 Å². The Morgan fingerprint density at radius 3 is 2.67 bits per heavy atom. The maximum Gasteiger partial charge on any atom is 0.335 e. The Labute approximate surface area is 87.2 Å². The summed E-state index contributed by atoms with van der Waals surface area (Å²) in [6, 6.07) is 2.82. The van der Waals surface area contributed by atoms with Gasteiger partial charge in [-0.25, -0.2) is 4.79 Å². The lowest BCUT2D eigenvalue weighted by Crippen LogP contribution is -2.23. The minimum Gasteiger partial charge on any atom is -0.478 e. The minimum absolute atomic E-state index is 0.103. The molecular formula is C11H13NO3. The molecule has 0 aliphatic heterocycles. The van der Waals surface area contributed by atoms with Gasteiger partial charge in [0.25, 0.3) is 5.56 Å². The lowest BCUT2D eigenvalue weighted by molar-refractivity contribution is 0.0696. The molecule has 0 unspecified atom stereocenters. The van der Waals surface area contributed by atoms with Crippen LogP contribution >= 0.6 is 0 Å². The van der Waals surface area contributed by atoms with Crippen molar-refractivity contribution in [3.63, 3.8) is 0 Å². The Kier molecular flexibility index (Phi) is 2.34. The Hall–Kier alpha value is -1.58. The van der Waals surface area contributed by atoms with Crippen LogP contribution < -0.4 is 5.56 Å². The fourth-order valence-corrected chi connectivity index (χ4v) is 1.80. The molecule has 4 heteroatoms. The average Bonchev–Trinajstić information content (AvgIpc) is 2.99. The third-order valence-corrected chi connectivity index (χ3v) is 2.72. The minimum atomic E-state index is -1.03. The van der Waals surface area contributed by atoms with Gasteiger partial charge in [0.05, 0.1) is 5.56 Å². The summed E-state index contributed by atoms with van der Waals surface area (Å²) in [5.74, 6) is -0.644. The van der Waals surface area contributed by atoms with Crippen LogP contribution in [0, 0.1) is 0 Å². The normalized spacial score (nSPS) is 15.3. The van der Waals surface area contributed by atoms with Crippen molar-refractivity contribution >= 4 is 5.97 Å². The van der Waals surface area contributed by atoms with Gasteiger partial charge in [-0.1, -0.05) is 0 Å². The maximum atomic E-state index is 11.6. The van der Waals surface area contributed by atoms with E-state index in [4.69, 9.17) is 5.11 Å². The molecule has 0 aromatic carbocycles. The Balaban J connectivity index is 2.57. The Bertz CT molecular complexity index is 457. The number of nitrogens with zero attached hydrogens (tertiary/aromatic N) is 1. The maximum absolute atomic E-state index is 11.6. The first-order valence-corrected chi connectivity index (χ1v) is 5.11. The van der Waals surface area contributed by atoms with Gasteiger partial charge in [0.2, 0.25) is 0 Å². The van der Waals surface area contributed by atoms with Gasteiger partial charge in [0.1, 0.15) is 0 Å². The van der Waals surface area contributed by atoms with E-state index < -0.39 is 5.97 Å². The monoisotopic (exact) mass is 207 g/mol. The molecule has 2 rings (SSSR count). The highest BCUT2D eigenvalue weighted by molar-refractivity contribution is 5.87. The molecule has 15 heavy (non-hydrogen) atoms. The third kappa shape index (κ3) is 1.79. The second kappa shape index (κ2) is 3.53. The number of hydrogen-bond donors (Lipinski definition) is 1. The van der Waals surface area contributed by atoms with E-state index in [1.54, 1.807) is 10.6 Å². The summed E-state index contributed by atoms with van der Waals surface area (Å²) < 4.78 is 1.66. The van der Waals surface area contributed by atoms with Gasteiger partial charge < -0.3 is 9.67 Å². The summed E-state index contributed by atoms with van der Waals surface area (Å²) in [5.41, 5.74) is 0.772. The highest BCUT2D eigenvalue weighted by Gasteiger charge is 2.27. The number of pyridine rings is 1. The van der Waals surface area contributed by atoms with Crippen molar-refractivity contribution in [2.24, 2.45) is 0 Å². The Morgan fingerprint density at radius 2 is 2.20 bits per heavy atom. The lowest BCUT2D eigenvalue weighted by Gasteiger charge is -2.10. The van der Waals surface area contributed by atoms with Crippen molar-refractivity contribution in [1.82, 2.24) is 4.57 Å². The quantitative estimate of drug-likeness (QED) is 0.815. The zero-order valence-corrected chi connectivity index (χ0v) is 8.56. The molecule has 0 saturated heterocycles. The molecular weight excluding hydrogens is 194 g/mol. The average molecular weight is 207 g/mol. The van der Waals surface area contributed by atoms with Crippen molar-refractivity contribution in [3.8, 4) is 0 Å². The van der Waals surface area contributed by atoms with E-state index in [1.807, 2.05) is 6.92 Å². The molecule has 80 valence electrons. The summed E-state index contributed by atoms with van der Waals surface area (Å²) >= 11 is 0. The van der Waals surface area contributed by atoms with E-state index in [2.05, 4.69) is 0 Å². The van der Waals surface area contributed by atoms with Crippen LogP contribution in [0.3, 0.4) is 0 Å². The number of carboxylic acid groups (broad SMARTS) is 1.